The second-order valence-corrected chi connectivity index (χ2v) is 7.53. The van der Waals surface area contributed by atoms with E-state index in [1.54, 1.807) is 12.1 Å². The Morgan fingerprint density at radius 3 is 2.85 bits per heavy atom. The second kappa shape index (κ2) is 7.20. The molecule has 27 heavy (non-hydrogen) atoms. The Bertz CT molecular complexity index is 1030. The molecule has 1 aliphatic carbocycles. The Kier molecular flexibility index (Phi) is 4.75. The highest BCUT2D eigenvalue weighted by molar-refractivity contribution is 6.34. The van der Waals surface area contributed by atoms with Crippen molar-refractivity contribution in [2.45, 2.75) is 38.6 Å². The molecule has 1 fully saturated rings. The van der Waals surface area contributed by atoms with Crippen molar-refractivity contribution in [3.05, 3.63) is 58.6 Å². The molecule has 0 bridgehead atoms. The Hall–Kier alpha value is -2.59. The van der Waals surface area contributed by atoms with Gasteiger partial charge in [0, 0.05) is 23.4 Å². The molecule has 0 atom stereocenters. The molecule has 0 aliphatic heterocycles. The molecule has 4 nitrogen and oxygen atoms in total. The van der Waals surface area contributed by atoms with Gasteiger partial charge in [-0.3, -0.25) is 4.79 Å². The lowest BCUT2D eigenvalue weighted by Gasteiger charge is -2.10. The topological polar surface area (TPSA) is 62.2 Å². The number of benzene rings is 2. The number of nitrogens with zero attached hydrogens (tertiary/aromatic N) is 1. The fourth-order valence-electron chi connectivity index (χ4n) is 3.24. The van der Waals surface area contributed by atoms with Crippen molar-refractivity contribution in [2.75, 3.05) is 0 Å². The van der Waals surface area contributed by atoms with Gasteiger partial charge in [0.05, 0.1) is 16.2 Å². The number of carbonyl (C=O) groups excluding carboxylic acids is 1. The van der Waals surface area contributed by atoms with Crippen molar-refractivity contribution in [3.8, 4) is 17.0 Å². The summed E-state index contributed by atoms with van der Waals surface area (Å²) in [6, 6.07) is 13.7. The highest BCUT2D eigenvalue weighted by Crippen LogP contribution is 2.35. The van der Waals surface area contributed by atoms with E-state index in [1.165, 1.54) is 0 Å². The Labute approximate surface area is 163 Å². The van der Waals surface area contributed by atoms with Crippen molar-refractivity contribution in [1.29, 1.82) is 0 Å². The van der Waals surface area contributed by atoms with Gasteiger partial charge in [-0.1, -0.05) is 29.8 Å². The van der Waals surface area contributed by atoms with Crippen LogP contribution in [0.3, 0.4) is 0 Å². The molecule has 1 saturated carbocycles. The monoisotopic (exact) mass is 380 g/mol. The first-order valence-corrected chi connectivity index (χ1v) is 9.56. The normalized spacial score (nSPS) is 13.7. The summed E-state index contributed by atoms with van der Waals surface area (Å²) >= 11 is 6.24. The van der Waals surface area contributed by atoms with Crippen LogP contribution in [0.4, 0.5) is 0 Å². The minimum atomic E-state index is 0.0496. The zero-order chi connectivity index (χ0) is 19.0. The summed E-state index contributed by atoms with van der Waals surface area (Å²) in [5.74, 6) is 0.176. The van der Waals surface area contributed by atoms with E-state index in [4.69, 9.17) is 16.6 Å². The summed E-state index contributed by atoms with van der Waals surface area (Å²) in [6.07, 6.45) is 3.44. The lowest BCUT2D eigenvalue weighted by Crippen LogP contribution is -2.25. The Morgan fingerprint density at radius 1 is 1.26 bits per heavy atom. The number of hydrogen-bond donors (Lipinski definition) is 2. The van der Waals surface area contributed by atoms with Crippen LogP contribution in [-0.4, -0.2) is 22.0 Å². The number of aryl methyl sites for hydroxylation is 2. The number of pyridine rings is 1. The van der Waals surface area contributed by atoms with Gasteiger partial charge < -0.3 is 10.4 Å². The lowest BCUT2D eigenvalue weighted by molar-refractivity contribution is -0.121. The molecule has 0 radical (unpaired) electrons. The highest BCUT2D eigenvalue weighted by atomic mass is 35.5. The van der Waals surface area contributed by atoms with Crippen LogP contribution in [0.15, 0.2) is 42.5 Å². The van der Waals surface area contributed by atoms with Gasteiger partial charge in [-0.05, 0) is 61.6 Å². The third-order valence-electron chi connectivity index (χ3n) is 4.92. The maximum atomic E-state index is 11.9. The van der Waals surface area contributed by atoms with E-state index in [-0.39, 0.29) is 11.7 Å². The highest BCUT2D eigenvalue weighted by Gasteiger charge is 2.22. The number of aromatic hydroxyl groups is 1. The Morgan fingerprint density at radius 2 is 2.07 bits per heavy atom. The number of aromatic nitrogens is 1. The SMILES string of the molecule is Cc1cc(-c2cccc(O)c2Cl)nc2ccc(CCC(=O)NC3CC3)cc12. The van der Waals surface area contributed by atoms with Crippen molar-refractivity contribution >= 4 is 28.4 Å². The van der Waals surface area contributed by atoms with Gasteiger partial charge >= 0.3 is 0 Å². The van der Waals surface area contributed by atoms with Gasteiger partial charge in [-0.15, -0.1) is 0 Å². The average Bonchev–Trinajstić information content (AvgIpc) is 3.46. The van der Waals surface area contributed by atoms with Gasteiger partial charge in [-0.2, -0.15) is 0 Å². The molecule has 1 heterocycles. The van der Waals surface area contributed by atoms with E-state index >= 15 is 0 Å². The summed E-state index contributed by atoms with van der Waals surface area (Å²) < 4.78 is 0. The van der Waals surface area contributed by atoms with E-state index in [9.17, 15) is 9.90 Å². The van der Waals surface area contributed by atoms with E-state index in [2.05, 4.69) is 11.4 Å². The molecule has 0 unspecified atom stereocenters. The zero-order valence-electron chi connectivity index (χ0n) is 15.1. The van der Waals surface area contributed by atoms with Crippen molar-refractivity contribution in [2.24, 2.45) is 0 Å². The fraction of sp³-hybridized carbons (Fsp3) is 0.273. The summed E-state index contributed by atoms with van der Waals surface area (Å²) in [6.45, 7) is 2.04. The van der Waals surface area contributed by atoms with Gasteiger partial charge in [-0.25, -0.2) is 4.98 Å². The number of fused-ring (bicyclic) bond motifs is 1. The van der Waals surface area contributed by atoms with E-state index in [0.29, 0.717) is 29.5 Å². The molecule has 2 N–H and O–H groups in total. The van der Waals surface area contributed by atoms with Gasteiger partial charge in [0.2, 0.25) is 5.91 Å². The van der Waals surface area contributed by atoms with E-state index in [1.807, 2.05) is 31.2 Å². The van der Waals surface area contributed by atoms with Crippen molar-refractivity contribution in [1.82, 2.24) is 10.3 Å². The predicted molar refractivity (Wildman–Crippen MR) is 108 cm³/mol. The molecule has 3 aromatic rings. The molecular weight excluding hydrogens is 360 g/mol. The summed E-state index contributed by atoms with van der Waals surface area (Å²) in [5, 5.41) is 14.2. The number of rotatable bonds is 5. The van der Waals surface area contributed by atoms with Crippen molar-refractivity contribution in [3.63, 3.8) is 0 Å². The first-order valence-electron chi connectivity index (χ1n) is 9.19. The van der Waals surface area contributed by atoms with Crippen LogP contribution in [-0.2, 0) is 11.2 Å². The van der Waals surface area contributed by atoms with Crippen LogP contribution in [0, 0.1) is 6.92 Å². The predicted octanol–water partition coefficient (Wildman–Crippen LogP) is 4.78. The van der Waals surface area contributed by atoms with Crippen LogP contribution in [0.25, 0.3) is 22.2 Å². The van der Waals surface area contributed by atoms with Crippen LogP contribution >= 0.6 is 11.6 Å². The van der Waals surface area contributed by atoms with Crippen LogP contribution in [0.2, 0.25) is 5.02 Å². The number of carbonyl (C=O) groups is 1. The number of phenols is 1. The first kappa shape index (κ1) is 17.8. The van der Waals surface area contributed by atoms with Crippen molar-refractivity contribution < 1.29 is 9.90 Å². The molecule has 1 amide bonds. The number of nitrogens with one attached hydrogen (secondary N) is 1. The van der Waals surface area contributed by atoms with Gasteiger partial charge in [0.1, 0.15) is 5.75 Å². The van der Waals surface area contributed by atoms with Gasteiger partial charge in [0.15, 0.2) is 0 Å². The third kappa shape index (κ3) is 3.91. The molecule has 138 valence electrons. The quantitative estimate of drug-likeness (QED) is 0.669. The molecule has 0 spiro atoms. The average molecular weight is 381 g/mol. The fourth-order valence-corrected chi connectivity index (χ4v) is 3.46. The maximum Gasteiger partial charge on any atom is 0.220 e. The molecule has 0 saturated heterocycles. The molecule has 5 heteroatoms. The number of amides is 1. The minimum absolute atomic E-state index is 0.0496. The molecule has 1 aromatic heterocycles. The van der Waals surface area contributed by atoms with E-state index in [0.717, 1.165) is 40.6 Å². The summed E-state index contributed by atoms with van der Waals surface area (Å²) in [5.41, 5.74) is 4.52. The Balaban J connectivity index is 1.60. The van der Waals surface area contributed by atoms with Gasteiger partial charge in [0.25, 0.3) is 0 Å². The van der Waals surface area contributed by atoms with Crippen LogP contribution in [0.5, 0.6) is 5.75 Å². The number of phenolic OH excluding ortho intramolecular Hbond substituents is 1. The van der Waals surface area contributed by atoms with E-state index < -0.39 is 0 Å². The molecular formula is C22H21ClN2O2. The largest absolute Gasteiger partial charge is 0.506 e. The van der Waals surface area contributed by atoms with Crippen LogP contribution < -0.4 is 5.32 Å². The summed E-state index contributed by atoms with van der Waals surface area (Å²) in [4.78, 5) is 16.6. The standard InChI is InChI=1S/C22H21ClN2O2/c1-13-11-19(16-3-2-4-20(26)22(16)23)25-18-9-5-14(12-17(13)18)6-10-21(27)24-15-7-8-15/h2-5,9,11-12,15,26H,6-8,10H2,1H3,(H,24,27). The number of halogens is 1. The molecule has 4 rings (SSSR count). The minimum Gasteiger partial charge on any atom is -0.506 e. The maximum absolute atomic E-state index is 11.9. The summed E-state index contributed by atoms with van der Waals surface area (Å²) in [7, 11) is 0. The molecule has 2 aromatic carbocycles. The zero-order valence-corrected chi connectivity index (χ0v) is 15.9. The smallest absolute Gasteiger partial charge is 0.220 e. The van der Waals surface area contributed by atoms with Crippen LogP contribution in [0.1, 0.15) is 30.4 Å². The third-order valence-corrected chi connectivity index (χ3v) is 5.31. The lowest BCUT2D eigenvalue weighted by atomic mass is 10.0. The first-order chi connectivity index (χ1) is 13.0. The second-order valence-electron chi connectivity index (χ2n) is 7.16. The molecule has 1 aliphatic rings. The number of hydrogen-bond acceptors (Lipinski definition) is 3.